The number of nitrogens with one attached hydrogen (secondary N) is 2. The Balaban J connectivity index is 1.62. The number of alkyl halides is 3. The summed E-state index contributed by atoms with van der Waals surface area (Å²) in [6.07, 6.45) is -2.96. The van der Waals surface area contributed by atoms with E-state index in [4.69, 9.17) is 9.47 Å². The molecular formula is C20H16F3N3O4S. The van der Waals surface area contributed by atoms with Crippen molar-refractivity contribution in [3.63, 3.8) is 0 Å². The Morgan fingerprint density at radius 1 is 1.10 bits per heavy atom. The fourth-order valence-corrected chi connectivity index (χ4v) is 3.02. The van der Waals surface area contributed by atoms with Gasteiger partial charge in [0.25, 0.3) is 11.8 Å². The summed E-state index contributed by atoms with van der Waals surface area (Å²) in [5, 5.41) is 7.13. The van der Waals surface area contributed by atoms with E-state index in [9.17, 15) is 22.8 Å². The lowest BCUT2D eigenvalue weighted by molar-refractivity contribution is -0.137. The average molecular weight is 451 g/mol. The number of aromatic nitrogens is 1. The molecule has 0 aliphatic rings. The van der Waals surface area contributed by atoms with E-state index in [-0.39, 0.29) is 22.7 Å². The molecule has 31 heavy (non-hydrogen) atoms. The zero-order valence-electron chi connectivity index (χ0n) is 16.0. The standard InChI is InChI=1S/C20H16F3N3O4S/c1-29-16-9-12(18(28)26-19-24-7-8-31-19)5-6-15(16)30-11-17(27)25-14-4-2-3-13(10-14)20(21,22)23/h2-10H,11H2,1H3,(H,25,27)(H,24,26,28). The fraction of sp³-hybridized carbons (Fsp3) is 0.150. The van der Waals surface area contributed by atoms with Crippen LogP contribution < -0.4 is 20.1 Å². The molecule has 0 fully saturated rings. The molecule has 0 saturated carbocycles. The van der Waals surface area contributed by atoms with Gasteiger partial charge in [-0.15, -0.1) is 11.3 Å². The lowest BCUT2D eigenvalue weighted by Crippen LogP contribution is -2.20. The first-order valence-corrected chi connectivity index (χ1v) is 9.63. The van der Waals surface area contributed by atoms with Crippen LogP contribution in [0.1, 0.15) is 15.9 Å². The van der Waals surface area contributed by atoms with Crippen molar-refractivity contribution in [2.45, 2.75) is 6.18 Å². The summed E-state index contributed by atoms with van der Waals surface area (Å²) >= 11 is 1.27. The molecule has 11 heteroatoms. The Hall–Kier alpha value is -3.60. The van der Waals surface area contributed by atoms with Gasteiger partial charge in [0.15, 0.2) is 23.2 Å². The molecule has 0 spiro atoms. The average Bonchev–Trinajstić information content (AvgIpc) is 3.24. The molecule has 3 rings (SSSR count). The lowest BCUT2D eigenvalue weighted by Gasteiger charge is -2.13. The van der Waals surface area contributed by atoms with Crippen LogP contribution in [-0.2, 0) is 11.0 Å². The smallest absolute Gasteiger partial charge is 0.416 e. The van der Waals surface area contributed by atoms with Crippen LogP contribution in [0.25, 0.3) is 0 Å². The molecule has 162 valence electrons. The number of methoxy groups -OCH3 is 1. The highest BCUT2D eigenvalue weighted by Crippen LogP contribution is 2.31. The minimum absolute atomic E-state index is 0.00963. The van der Waals surface area contributed by atoms with Crippen molar-refractivity contribution in [1.82, 2.24) is 4.98 Å². The Morgan fingerprint density at radius 2 is 1.90 bits per heavy atom. The van der Waals surface area contributed by atoms with Crippen LogP contribution in [0, 0.1) is 0 Å². The minimum atomic E-state index is -4.52. The third kappa shape index (κ3) is 5.95. The highest BCUT2D eigenvalue weighted by atomic mass is 32.1. The van der Waals surface area contributed by atoms with E-state index in [1.807, 2.05) is 0 Å². The number of thiazole rings is 1. The lowest BCUT2D eigenvalue weighted by atomic mass is 10.2. The maximum Gasteiger partial charge on any atom is 0.416 e. The Morgan fingerprint density at radius 3 is 2.58 bits per heavy atom. The molecule has 0 radical (unpaired) electrons. The Labute approximate surface area is 178 Å². The van der Waals surface area contributed by atoms with E-state index < -0.39 is 30.2 Å². The molecule has 7 nitrogen and oxygen atoms in total. The number of ether oxygens (including phenoxy) is 2. The molecule has 0 bridgehead atoms. The molecule has 0 aliphatic carbocycles. The van der Waals surface area contributed by atoms with E-state index in [0.29, 0.717) is 5.13 Å². The van der Waals surface area contributed by atoms with Crippen LogP contribution in [-0.4, -0.2) is 30.5 Å². The molecule has 1 aromatic heterocycles. The summed E-state index contributed by atoms with van der Waals surface area (Å²) in [5.74, 6) is -0.666. The highest BCUT2D eigenvalue weighted by molar-refractivity contribution is 7.13. The number of rotatable bonds is 7. The number of amides is 2. The Kier molecular flexibility index (Phi) is 6.75. The summed E-state index contributed by atoms with van der Waals surface area (Å²) < 4.78 is 48.9. The summed E-state index contributed by atoms with van der Waals surface area (Å²) in [6.45, 7) is -0.475. The normalized spacial score (nSPS) is 11.0. The van der Waals surface area contributed by atoms with E-state index in [2.05, 4.69) is 15.6 Å². The van der Waals surface area contributed by atoms with Crippen LogP contribution >= 0.6 is 11.3 Å². The second-order valence-electron chi connectivity index (χ2n) is 6.07. The maximum absolute atomic E-state index is 12.8. The quantitative estimate of drug-likeness (QED) is 0.554. The molecule has 0 aliphatic heterocycles. The van der Waals surface area contributed by atoms with E-state index >= 15 is 0 Å². The topological polar surface area (TPSA) is 89.6 Å². The zero-order chi connectivity index (χ0) is 22.4. The number of benzene rings is 2. The maximum atomic E-state index is 12.8. The van der Waals surface area contributed by atoms with Gasteiger partial charge in [-0.3, -0.25) is 14.9 Å². The molecule has 3 aromatic rings. The first-order valence-electron chi connectivity index (χ1n) is 8.75. The predicted molar refractivity (Wildman–Crippen MR) is 109 cm³/mol. The monoisotopic (exact) mass is 451 g/mol. The van der Waals surface area contributed by atoms with Gasteiger partial charge in [-0.1, -0.05) is 6.07 Å². The summed E-state index contributed by atoms with van der Waals surface area (Å²) in [5.41, 5.74) is -0.600. The molecular weight excluding hydrogens is 435 g/mol. The highest BCUT2D eigenvalue weighted by Gasteiger charge is 2.30. The van der Waals surface area contributed by atoms with Gasteiger partial charge in [-0.2, -0.15) is 13.2 Å². The van der Waals surface area contributed by atoms with Crippen LogP contribution in [0.3, 0.4) is 0 Å². The summed E-state index contributed by atoms with van der Waals surface area (Å²) in [6, 6.07) is 8.63. The largest absolute Gasteiger partial charge is 0.493 e. The molecule has 2 N–H and O–H groups in total. The van der Waals surface area contributed by atoms with Crippen molar-refractivity contribution < 1.29 is 32.2 Å². The third-order valence-corrected chi connectivity index (χ3v) is 4.60. The number of carbonyl (C=O) groups excluding carboxylic acids is 2. The zero-order valence-corrected chi connectivity index (χ0v) is 16.8. The summed E-state index contributed by atoms with van der Waals surface area (Å²) in [4.78, 5) is 28.3. The van der Waals surface area contributed by atoms with Crippen molar-refractivity contribution in [3.8, 4) is 11.5 Å². The first kappa shape index (κ1) is 22.1. The molecule has 2 aromatic carbocycles. The van der Waals surface area contributed by atoms with Crippen LogP contribution in [0.5, 0.6) is 11.5 Å². The number of nitrogens with zero attached hydrogens (tertiary/aromatic N) is 1. The van der Waals surface area contributed by atoms with E-state index in [1.54, 1.807) is 11.6 Å². The number of hydrogen-bond acceptors (Lipinski definition) is 6. The van der Waals surface area contributed by atoms with E-state index in [0.717, 1.165) is 12.1 Å². The van der Waals surface area contributed by atoms with Gasteiger partial charge in [0, 0.05) is 22.8 Å². The van der Waals surface area contributed by atoms with Gasteiger partial charge in [0.2, 0.25) is 0 Å². The van der Waals surface area contributed by atoms with Gasteiger partial charge in [0.05, 0.1) is 12.7 Å². The second kappa shape index (κ2) is 9.47. The number of anilines is 2. The van der Waals surface area contributed by atoms with Crippen molar-refractivity contribution in [2.75, 3.05) is 24.4 Å². The van der Waals surface area contributed by atoms with Gasteiger partial charge in [-0.25, -0.2) is 4.98 Å². The molecule has 1 heterocycles. The number of hydrogen-bond donors (Lipinski definition) is 2. The van der Waals surface area contributed by atoms with E-state index in [1.165, 1.54) is 48.8 Å². The van der Waals surface area contributed by atoms with Gasteiger partial charge in [0.1, 0.15) is 0 Å². The number of carbonyl (C=O) groups is 2. The second-order valence-corrected chi connectivity index (χ2v) is 6.97. The van der Waals surface area contributed by atoms with Gasteiger partial charge >= 0.3 is 6.18 Å². The molecule has 0 unspecified atom stereocenters. The van der Waals surface area contributed by atoms with Crippen LogP contribution in [0.2, 0.25) is 0 Å². The SMILES string of the molecule is COc1cc(C(=O)Nc2nccs2)ccc1OCC(=O)Nc1cccc(C(F)(F)F)c1. The molecule has 0 saturated heterocycles. The fourth-order valence-electron chi connectivity index (χ4n) is 2.50. The van der Waals surface area contributed by atoms with Crippen molar-refractivity contribution >= 4 is 34.0 Å². The van der Waals surface area contributed by atoms with Crippen LogP contribution in [0.15, 0.2) is 54.0 Å². The first-order chi connectivity index (χ1) is 14.8. The minimum Gasteiger partial charge on any atom is -0.493 e. The summed E-state index contributed by atoms with van der Waals surface area (Å²) in [7, 11) is 1.37. The molecule has 2 amide bonds. The predicted octanol–water partition coefficient (Wildman–Crippen LogP) is 4.44. The van der Waals surface area contributed by atoms with Gasteiger partial charge < -0.3 is 14.8 Å². The third-order valence-electron chi connectivity index (χ3n) is 3.91. The van der Waals surface area contributed by atoms with Crippen molar-refractivity contribution in [1.29, 1.82) is 0 Å². The molecule has 0 atom stereocenters. The Bertz CT molecular complexity index is 1070. The van der Waals surface area contributed by atoms with Gasteiger partial charge in [-0.05, 0) is 36.4 Å². The van der Waals surface area contributed by atoms with Crippen molar-refractivity contribution in [3.05, 3.63) is 65.2 Å². The van der Waals surface area contributed by atoms with Crippen molar-refractivity contribution in [2.24, 2.45) is 0 Å². The van der Waals surface area contributed by atoms with Crippen LogP contribution in [0.4, 0.5) is 24.0 Å². The number of halogens is 3.